The van der Waals surface area contributed by atoms with Gasteiger partial charge in [0.05, 0.1) is 19.3 Å². The van der Waals surface area contributed by atoms with E-state index >= 15 is 0 Å². The first-order chi connectivity index (χ1) is 12.6. The summed E-state index contributed by atoms with van der Waals surface area (Å²) in [5.74, 6) is -0.985. The lowest BCUT2D eigenvalue weighted by atomic mass is 10.2. The average molecular weight is 354 g/mol. The predicted molar refractivity (Wildman–Crippen MR) is 91.4 cm³/mol. The van der Waals surface area contributed by atoms with Crippen molar-refractivity contribution in [3.05, 3.63) is 53.1 Å². The lowest BCUT2D eigenvalue weighted by Crippen LogP contribution is -2.12. The van der Waals surface area contributed by atoms with Gasteiger partial charge in [0.15, 0.2) is 5.69 Å². The molecule has 3 aromatic heterocycles. The number of carbonyl (C=O) groups excluding carboxylic acids is 1. The zero-order chi connectivity index (χ0) is 18.3. The molecule has 0 atom stereocenters. The number of hydrogen-bond donors (Lipinski definition) is 1. The minimum atomic E-state index is -1.14. The van der Waals surface area contributed by atoms with Crippen molar-refractivity contribution in [3.8, 4) is 0 Å². The van der Waals surface area contributed by atoms with Crippen LogP contribution in [0.15, 0.2) is 30.6 Å². The highest BCUT2D eigenvalue weighted by Crippen LogP contribution is 2.40. The second-order valence-corrected chi connectivity index (χ2v) is 6.38. The van der Waals surface area contributed by atoms with Crippen molar-refractivity contribution in [1.82, 2.24) is 19.4 Å². The molecule has 0 amide bonds. The molecule has 0 saturated heterocycles. The molecule has 0 bridgehead atoms. The Labute approximate surface area is 149 Å². The van der Waals surface area contributed by atoms with Gasteiger partial charge in [-0.3, -0.25) is 0 Å². The Morgan fingerprint density at radius 2 is 2.12 bits per heavy atom. The van der Waals surface area contributed by atoms with Crippen molar-refractivity contribution in [3.63, 3.8) is 0 Å². The highest BCUT2D eigenvalue weighted by atomic mass is 16.5. The van der Waals surface area contributed by atoms with Crippen LogP contribution in [0.5, 0.6) is 0 Å². The fourth-order valence-corrected chi connectivity index (χ4v) is 3.10. The van der Waals surface area contributed by atoms with Crippen LogP contribution >= 0.6 is 0 Å². The van der Waals surface area contributed by atoms with Gasteiger partial charge in [0.25, 0.3) is 0 Å². The zero-order valence-electron chi connectivity index (χ0n) is 14.3. The Bertz CT molecular complexity index is 1000. The molecule has 1 saturated carbocycles. The third kappa shape index (κ3) is 2.94. The number of pyridine rings is 1. The van der Waals surface area contributed by atoms with Gasteiger partial charge in [0.1, 0.15) is 5.69 Å². The molecule has 1 aliphatic rings. The van der Waals surface area contributed by atoms with Crippen LogP contribution in [-0.4, -0.2) is 43.0 Å². The first-order valence-electron chi connectivity index (χ1n) is 8.51. The summed E-state index contributed by atoms with van der Waals surface area (Å²) in [6.07, 6.45) is 5.68. The first-order valence-corrected chi connectivity index (χ1v) is 8.51. The van der Waals surface area contributed by atoms with Crippen molar-refractivity contribution in [2.45, 2.75) is 32.2 Å². The van der Waals surface area contributed by atoms with E-state index in [4.69, 9.17) is 9.84 Å². The van der Waals surface area contributed by atoms with Crippen LogP contribution in [0.4, 0.5) is 0 Å². The van der Waals surface area contributed by atoms with Crippen LogP contribution in [0.2, 0.25) is 0 Å². The highest BCUT2D eigenvalue weighted by Gasteiger charge is 2.26. The topological polar surface area (TPSA) is 98.7 Å². The van der Waals surface area contributed by atoms with E-state index in [-0.39, 0.29) is 18.8 Å². The molecule has 8 nitrogen and oxygen atoms in total. The number of carboxylic acids is 1. The molecule has 3 aromatic rings. The number of nitrogens with zero attached hydrogens (tertiary/aromatic N) is 4. The lowest BCUT2D eigenvalue weighted by Gasteiger charge is -2.07. The summed E-state index contributed by atoms with van der Waals surface area (Å²) in [6, 6.07) is 5.97. The van der Waals surface area contributed by atoms with E-state index < -0.39 is 11.9 Å². The zero-order valence-corrected chi connectivity index (χ0v) is 14.3. The molecule has 4 rings (SSSR count). The molecule has 1 fully saturated rings. The second kappa shape index (κ2) is 6.29. The Balaban J connectivity index is 1.77. The van der Waals surface area contributed by atoms with Gasteiger partial charge in [-0.2, -0.15) is 0 Å². The minimum absolute atomic E-state index is 0.137. The molecule has 1 aliphatic carbocycles. The fourth-order valence-electron chi connectivity index (χ4n) is 3.10. The summed E-state index contributed by atoms with van der Waals surface area (Å²) in [5.41, 5.74) is 3.10. The third-order valence-electron chi connectivity index (χ3n) is 4.48. The Morgan fingerprint density at radius 3 is 2.77 bits per heavy atom. The van der Waals surface area contributed by atoms with Crippen molar-refractivity contribution in [1.29, 1.82) is 0 Å². The Hall–Kier alpha value is -3.16. The smallest absolute Gasteiger partial charge is 0.358 e. The number of ether oxygens (including phenoxy) is 1. The standard InChI is InChI=1S/C18H18N4O4/c1-2-26-18(25)16-13(8-21-10-15(17(23)24)19-20-21)7-14-6-5-12(9-22(14)16)11-3-4-11/h5-7,9-11H,2-4,8H2,1H3,(H,23,24). The number of aromatic nitrogens is 4. The molecule has 0 aromatic carbocycles. The van der Waals surface area contributed by atoms with Gasteiger partial charge in [-0.25, -0.2) is 14.3 Å². The molecule has 8 heteroatoms. The van der Waals surface area contributed by atoms with Crippen molar-refractivity contribution >= 4 is 17.5 Å². The quantitative estimate of drug-likeness (QED) is 0.682. The van der Waals surface area contributed by atoms with Crippen LogP contribution in [0, 0.1) is 0 Å². The summed E-state index contributed by atoms with van der Waals surface area (Å²) >= 11 is 0. The molecular weight excluding hydrogens is 336 g/mol. The summed E-state index contributed by atoms with van der Waals surface area (Å²) in [7, 11) is 0. The van der Waals surface area contributed by atoms with E-state index in [1.165, 1.54) is 29.3 Å². The van der Waals surface area contributed by atoms with E-state index in [0.717, 1.165) is 5.52 Å². The molecule has 0 aliphatic heterocycles. The molecule has 1 N–H and O–H groups in total. The fraction of sp³-hybridized carbons (Fsp3) is 0.333. The number of esters is 1. The summed E-state index contributed by atoms with van der Waals surface area (Å²) in [5, 5.41) is 16.4. The molecular formula is C18H18N4O4. The van der Waals surface area contributed by atoms with Crippen LogP contribution < -0.4 is 0 Å². The van der Waals surface area contributed by atoms with Gasteiger partial charge in [0.2, 0.25) is 0 Å². The summed E-state index contributed by atoms with van der Waals surface area (Å²) in [6.45, 7) is 2.27. The number of carboxylic acid groups (broad SMARTS) is 1. The Morgan fingerprint density at radius 1 is 1.31 bits per heavy atom. The SMILES string of the molecule is CCOC(=O)c1c(Cn2cc(C(=O)O)nn2)cc2ccc(C3CC3)cn12. The van der Waals surface area contributed by atoms with Gasteiger partial charge in [-0.05, 0) is 43.4 Å². The number of rotatable bonds is 6. The molecule has 0 unspecified atom stereocenters. The number of hydrogen-bond acceptors (Lipinski definition) is 5. The second-order valence-electron chi connectivity index (χ2n) is 6.38. The van der Waals surface area contributed by atoms with Crippen LogP contribution in [0.1, 0.15) is 57.8 Å². The third-order valence-corrected chi connectivity index (χ3v) is 4.48. The normalized spacial score (nSPS) is 13.9. The molecule has 0 spiro atoms. The monoisotopic (exact) mass is 354 g/mol. The maximum atomic E-state index is 12.6. The van der Waals surface area contributed by atoms with E-state index in [1.54, 1.807) is 6.92 Å². The van der Waals surface area contributed by atoms with Crippen LogP contribution in [0.3, 0.4) is 0 Å². The van der Waals surface area contributed by atoms with Crippen molar-refractivity contribution in [2.24, 2.45) is 0 Å². The van der Waals surface area contributed by atoms with Crippen molar-refractivity contribution in [2.75, 3.05) is 6.61 Å². The Kier molecular flexibility index (Phi) is 3.95. The number of carbonyl (C=O) groups is 2. The lowest BCUT2D eigenvalue weighted by molar-refractivity contribution is 0.0516. The van der Waals surface area contributed by atoms with E-state index in [0.29, 0.717) is 17.2 Å². The number of aromatic carboxylic acids is 1. The van der Waals surface area contributed by atoms with Gasteiger partial charge in [-0.15, -0.1) is 5.10 Å². The summed E-state index contributed by atoms with van der Waals surface area (Å²) in [4.78, 5) is 23.5. The van der Waals surface area contributed by atoms with Crippen LogP contribution in [0.25, 0.3) is 5.52 Å². The minimum Gasteiger partial charge on any atom is -0.476 e. The van der Waals surface area contributed by atoms with Gasteiger partial charge < -0.3 is 14.2 Å². The van der Waals surface area contributed by atoms with E-state index in [2.05, 4.69) is 16.4 Å². The van der Waals surface area contributed by atoms with Crippen LogP contribution in [-0.2, 0) is 11.3 Å². The maximum absolute atomic E-state index is 12.6. The van der Waals surface area contributed by atoms with E-state index in [9.17, 15) is 9.59 Å². The largest absolute Gasteiger partial charge is 0.476 e. The van der Waals surface area contributed by atoms with E-state index in [1.807, 2.05) is 22.7 Å². The molecule has 3 heterocycles. The van der Waals surface area contributed by atoms with Gasteiger partial charge >= 0.3 is 11.9 Å². The molecule has 134 valence electrons. The van der Waals surface area contributed by atoms with Gasteiger partial charge in [0, 0.05) is 17.3 Å². The maximum Gasteiger partial charge on any atom is 0.358 e. The number of fused-ring (bicyclic) bond motifs is 1. The highest BCUT2D eigenvalue weighted by molar-refractivity contribution is 5.91. The molecule has 0 radical (unpaired) electrons. The first kappa shape index (κ1) is 16.3. The summed E-state index contributed by atoms with van der Waals surface area (Å²) < 4.78 is 8.50. The van der Waals surface area contributed by atoms with Crippen molar-refractivity contribution < 1.29 is 19.4 Å². The van der Waals surface area contributed by atoms with Gasteiger partial charge in [-0.1, -0.05) is 11.3 Å². The predicted octanol–water partition coefficient (Wildman–Crippen LogP) is 2.33. The average Bonchev–Trinajstić information content (AvgIpc) is 3.24. The molecule has 26 heavy (non-hydrogen) atoms.